The summed E-state index contributed by atoms with van der Waals surface area (Å²) in [5, 5.41) is 5.31. The Hall–Kier alpha value is -2.89. The molecule has 0 aliphatic rings. The summed E-state index contributed by atoms with van der Waals surface area (Å²) < 4.78 is 17.9. The fourth-order valence-electron chi connectivity index (χ4n) is 2.11. The molecule has 0 unspecified atom stereocenters. The first kappa shape index (κ1) is 17.5. The minimum atomic E-state index is -0.400. The number of carbonyl (C=O) groups is 2. The van der Waals surface area contributed by atoms with Crippen LogP contribution < -0.4 is 15.4 Å². The molecule has 0 aliphatic heterocycles. The van der Waals surface area contributed by atoms with E-state index in [9.17, 15) is 14.0 Å². The summed E-state index contributed by atoms with van der Waals surface area (Å²) >= 11 is 0. The molecule has 2 rings (SSSR count). The maximum atomic E-state index is 12.8. The van der Waals surface area contributed by atoms with E-state index in [1.54, 1.807) is 36.4 Å². The van der Waals surface area contributed by atoms with E-state index in [4.69, 9.17) is 4.74 Å². The lowest BCUT2D eigenvalue weighted by atomic mass is 10.1. The van der Waals surface area contributed by atoms with Crippen molar-refractivity contribution in [2.75, 3.05) is 19.0 Å². The van der Waals surface area contributed by atoms with Gasteiger partial charge in [0.15, 0.2) is 0 Å². The third-order valence-corrected chi connectivity index (χ3v) is 3.32. The molecule has 0 saturated heterocycles. The monoisotopic (exact) mass is 330 g/mol. The van der Waals surface area contributed by atoms with Crippen LogP contribution in [0, 0.1) is 5.82 Å². The maximum absolute atomic E-state index is 12.8. The molecule has 0 bridgehead atoms. The third kappa shape index (κ3) is 5.72. The number of nitrogens with one attached hydrogen (secondary N) is 2. The maximum Gasteiger partial charge on any atom is 0.233 e. The molecule has 0 fully saturated rings. The van der Waals surface area contributed by atoms with Crippen LogP contribution in [0.5, 0.6) is 5.75 Å². The number of hydrogen-bond acceptors (Lipinski definition) is 3. The van der Waals surface area contributed by atoms with Crippen LogP contribution in [0.4, 0.5) is 10.1 Å². The highest BCUT2D eigenvalue weighted by molar-refractivity contribution is 6.03. The average molecular weight is 330 g/mol. The van der Waals surface area contributed by atoms with Crippen molar-refractivity contribution in [1.82, 2.24) is 5.32 Å². The summed E-state index contributed by atoms with van der Waals surface area (Å²) in [6, 6.07) is 13.0. The van der Waals surface area contributed by atoms with Gasteiger partial charge in [0.1, 0.15) is 18.0 Å². The van der Waals surface area contributed by atoms with E-state index in [1.807, 2.05) is 0 Å². The van der Waals surface area contributed by atoms with E-state index in [-0.39, 0.29) is 18.1 Å². The van der Waals surface area contributed by atoms with Gasteiger partial charge >= 0.3 is 0 Å². The standard InChI is InChI=1S/C18H19FN2O3/c1-24-16-4-2-3-15(11-16)21-18(23)12-17(22)20-10-9-13-5-7-14(19)8-6-13/h2-8,11H,9-10,12H2,1H3,(H,20,22)(H,21,23). The molecule has 2 N–H and O–H groups in total. The number of carbonyl (C=O) groups excluding carboxylic acids is 2. The first-order valence-corrected chi connectivity index (χ1v) is 7.52. The summed E-state index contributed by atoms with van der Waals surface area (Å²) in [5.74, 6) is -0.436. The van der Waals surface area contributed by atoms with Gasteiger partial charge in [-0.05, 0) is 36.2 Å². The number of ether oxygens (including phenoxy) is 1. The number of methoxy groups -OCH3 is 1. The largest absolute Gasteiger partial charge is 0.497 e. The number of halogens is 1. The lowest BCUT2D eigenvalue weighted by molar-refractivity contribution is -0.126. The van der Waals surface area contributed by atoms with Gasteiger partial charge in [-0.3, -0.25) is 9.59 Å². The Balaban J connectivity index is 1.73. The second-order valence-electron chi connectivity index (χ2n) is 5.18. The quantitative estimate of drug-likeness (QED) is 0.767. The summed E-state index contributed by atoms with van der Waals surface area (Å²) in [7, 11) is 1.54. The summed E-state index contributed by atoms with van der Waals surface area (Å²) in [5.41, 5.74) is 1.48. The first-order chi connectivity index (χ1) is 11.6. The lowest BCUT2D eigenvalue weighted by Crippen LogP contribution is -2.29. The van der Waals surface area contributed by atoms with Crippen LogP contribution in [0.15, 0.2) is 48.5 Å². The van der Waals surface area contributed by atoms with Gasteiger partial charge in [-0.2, -0.15) is 0 Å². The van der Waals surface area contributed by atoms with E-state index in [1.165, 1.54) is 19.2 Å². The van der Waals surface area contributed by atoms with Crippen molar-refractivity contribution in [2.24, 2.45) is 0 Å². The molecule has 0 saturated carbocycles. The molecule has 2 aromatic carbocycles. The Morgan fingerprint density at radius 3 is 2.54 bits per heavy atom. The zero-order chi connectivity index (χ0) is 17.4. The van der Waals surface area contributed by atoms with Gasteiger partial charge in [0.25, 0.3) is 0 Å². The lowest BCUT2D eigenvalue weighted by Gasteiger charge is -2.08. The third-order valence-electron chi connectivity index (χ3n) is 3.32. The normalized spacial score (nSPS) is 10.1. The van der Waals surface area contributed by atoms with Crippen LogP contribution in [0.25, 0.3) is 0 Å². The zero-order valence-electron chi connectivity index (χ0n) is 13.3. The molecule has 0 aliphatic carbocycles. The van der Waals surface area contributed by atoms with E-state index < -0.39 is 5.91 Å². The summed E-state index contributed by atoms with van der Waals surface area (Å²) in [6.45, 7) is 0.386. The molecule has 0 spiro atoms. The van der Waals surface area contributed by atoms with Crippen molar-refractivity contribution < 1.29 is 18.7 Å². The van der Waals surface area contributed by atoms with Gasteiger partial charge in [0.2, 0.25) is 11.8 Å². The highest BCUT2D eigenvalue weighted by Crippen LogP contribution is 2.16. The highest BCUT2D eigenvalue weighted by atomic mass is 19.1. The Kier molecular flexibility index (Phi) is 6.31. The predicted molar refractivity (Wildman–Crippen MR) is 89.4 cm³/mol. The van der Waals surface area contributed by atoms with E-state index in [2.05, 4.69) is 10.6 Å². The molecule has 0 aromatic heterocycles. The van der Waals surface area contributed by atoms with Crippen LogP contribution in [0.2, 0.25) is 0 Å². The summed E-state index contributed by atoms with van der Waals surface area (Å²) in [4.78, 5) is 23.6. The topological polar surface area (TPSA) is 67.4 Å². The molecule has 24 heavy (non-hydrogen) atoms. The van der Waals surface area contributed by atoms with Gasteiger partial charge in [0.05, 0.1) is 7.11 Å². The van der Waals surface area contributed by atoms with Crippen molar-refractivity contribution in [1.29, 1.82) is 0 Å². The minimum Gasteiger partial charge on any atom is -0.497 e. The number of benzene rings is 2. The molecule has 126 valence electrons. The van der Waals surface area contributed by atoms with Gasteiger partial charge in [-0.25, -0.2) is 4.39 Å². The van der Waals surface area contributed by atoms with Crippen molar-refractivity contribution in [3.05, 3.63) is 59.9 Å². The van der Waals surface area contributed by atoms with Crippen molar-refractivity contribution in [3.8, 4) is 5.75 Å². The summed E-state index contributed by atoms with van der Waals surface area (Å²) in [6.07, 6.45) is 0.310. The second kappa shape index (κ2) is 8.67. The van der Waals surface area contributed by atoms with E-state index in [0.717, 1.165) is 5.56 Å². The zero-order valence-corrected chi connectivity index (χ0v) is 13.3. The van der Waals surface area contributed by atoms with Crippen molar-refractivity contribution in [2.45, 2.75) is 12.8 Å². The smallest absolute Gasteiger partial charge is 0.233 e. The molecule has 5 nitrogen and oxygen atoms in total. The molecule has 0 heterocycles. The fraction of sp³-hybridized carbons (Fsp3) is 0.222. The number of amides is 2. The molecular weight excluding hydrogens is 311 g/mol. The van der Waals surface area contributed by atoms with Crippen LogP contribution in [0.1, 0.15) is 12.0 Å². The van der Waals surface area contributed by atoms with E-state index in [0.29, 0.717) is 24.4 Å². The van der Waals surface area contributed by atoms with Gasteiger partial charge < -0.3 is 15.4 Å². The second-order valence-corrected chi connectivity index (χ2v) is 5.18. The molecule has 0 radical (unpaired) electrons. The van der Waals surface area contributed by atoms with Gasteiger partial charge in [-0.1, -0.05) is 18.2 Å². The first-order valence-electron chi connectivity index (χ1n) is 7.52. The van der Waals surface area contributed by atoms with Crippen molar-refractivity contribution in [3.63, 3.8) is 0 Å². The Morgan fingerprint density at radius 1 is 1.08 bits per heavy atom. The van der Waals surface area contributed by atoms with Crippen LogP contribution in [-0.4, -0.2) is 25.5 Å². The molecule has 6 heteroatoms. The molecule has 2 aromatic rings. The van der Waals surface area contributed by atoms with Gasteiger partial charge in [0, 0.05) is 18.3 Å². The molecular formula is C18H19FN2O3. The Morgan fingerprint density at radius 2 is 1.83 bits per heavy atom. The number of rotatable bonds is 7. The van der Waals surface area contributed by atoms with Gasteiger partial charge in [-0.15, -0.1) is 0 Å². The Labute approximate surface area is 139 Å². The van der Waals surface area contributed by atoms with Crippen LogP contribution in [0.3, 0.4) is 0 Å². The highest BCUT2D eigenvalue weighted by Gasteiger charge is 2.09. The SMILES string of the molecule is COc1cccc(NC(=O)CC(=O)NCCc2ccc(F)cc2)c1. The predicted octanol–water partition coefficient (Wildman–Crippen LogP) is 2.52. The number of anilines is 1. The minimum absolute atomic E-state index is 0.263. The number of hydrogen-bond donors (Lipinski definition) is 2. The van der Waals surface area contributed by atoms with Crippen molar-refractivity contribution >= 4 is 17.5 Å². The Bertz CT molecular complexity index is 702. The van der Waals surface area contributed by atoms with E-state index >= 15 is 0 Å². The average Bonchev–Trinajstić information content (AvgIpc) is 2.56. The molecule has 0 atom stereocenters. The van der Waals surface area contributed by atoms with Crippen LogP contribution in [-0.2, 0) is 16.0 Å². The molecule has 2 amide bonds. The van der Waals surface area contributed by atoms with Crippen LogP contribution >= 0.6 is 0 Å². The fourth-order valence-corrected chi connectivity index (χ4v) is 2.11.